The molecule has 0 radical (unpaired) electrons. The van der Waals surface area contributed by atoms with E-state index in [0.29, 0.717) is 11.4 Å². The molecule has 9 heteroatoms. The zero-order valence-electron chi connectivity index (χ0n) is 14.7. The van der Waals surface area contributed by atoms with Gasteiger partial charge in [0, 0.05) is 13.1 Å². The Morgan fingerprint density at radius 2 is 2.00 bits per heavy atom. The zero-order chi connectivity index (χ0) is 19.4. The van der Waals surface area contributed by atoms with E-state index in [-0.39, 0.29) is 29.3 Å². The van der Waals surface area contributed by atoms with Crippen molar-refractivity contribution in [2.45, 2.75) is 23.1 Å². The number of anilines is 1. The number of hydrogen-bond acceptors (Lipinski definition) is 6. The first-order valence-electron chi connectivity index (χ1n) is 8.35. The molecule has 7 nitrogen and oxygen atoms in total. The number of amides is 1. The largest absolute Gasteiger partial charge is 0.484 e. The molecule has 1 saturated carbocycles. The van der Waals surface area contributed by atoms with Crippen molar-refractivity contribution in [1.29, 1.82) is 5.26 Å². The number of benzene rings is 1. The van der Waals surface area contributed by atoms with Crippen molar-refractivity contribution in [2.24, 2.45) is 0 Å². The quantitative estimate of drug-likeness (QED) is 0.629. The molecule has 142 valence electrons. The highest BCUT2D eigenvalue weighted by molar-refractivity contribution is 7.94. The van der Waals surface area contributed by atoms with Crippen molar-refractivity contribution in [2.75, 3.05) is 24.5 Å². The van der Waals surface area contributed by atoms with Gasteiger partial charge in [-0.15, -0.1) is 11.3 Å². The minimum Gasteiger partial charge on any atom is -0.484 e. The molecule has 1 amide bonds. The Labute approximate surface area is 162 Å². The van der Waals surface area contributed by atoms with Crippen LogP contribution >= 0.6 is 11.3 Å². The summed E-state index contributed by atoms with van der Waals surface area (Å²) in [7, 11) is -2.10. The molecule has 2 aromatic rings. The first-order valence-corrected chi connectivity index (χ1v) is 10.7. The van der Waals surface area contributed by atoms with E-state index in [1.807, 2.05) is 6.07 Å². The highest BCUT2D eigenvalue weighted by Gasteiger charge is 2.32. The van der Waals surface area contributed by atoms with Gasteiger partial charge in [0.1, 0.15) is 16.5 Å². The monoisotopic (exact) mass is 405 g/mol. The van der Waals surface area contributed by atoms with Crippen molar-refractivity contribution >= 4 is 33.0 Å². The van der Waals surface area contributed by atoms with Crippen LogP contribution in [0, 0.1) is 11.3 Å². The average molecular weight is 406 g/mol. The van der Waals surface area contributed by atoms with Gasteiger partial charge in [-0.3, -0.25) is 9.10 Å². The molecule has 1 aromatic carbocycles. The lowest BCUT2D eigenvalue weighted by molar-refractivity contribution is -0.133. The molecular formula is C18H19N3O4S2. The number of sulfonamides is 1. The van der Waals surface area contributed by atoms with Crippen LogP contribution in [0.3, 0.4) is 0 Å². The highest BCUT2D eigenvalue weighted by atomic mass is 32.2. The van der Waals surface area contributed by atoms with Gasteiger partial charge in [-0.1, -0.05) is 6.07 Å². The lowest BCUT2D eigenvalue weighted by Gasteiger charge is -2.20. The zero-order valence-corrected chi connectivity index (χ0v) is 16.4. The van der Waals surface area contributed by atoms with Crippen LogP contribution in [0.1, 0.15) is 12.8 Å². The number of nitrogens with zero attached hydrogens (tertiary/aromatic N) is 3. The second kappa shape index (κ2) is 7.98. The molecule has 0 spiro atoms. The Hall–Kier alpha value is -2.57. The van der Waals surface area contributed by atoms with Gasteiger partial charge in [0.05, 0.1) is 11.8 Å². The Morgan fingerprint density at radius 1 is 1.30 bits per heavy atom. The Kier molecular flexibility index (Phi) is 5.68. The summed E-state index contributed by atoms with van der Waals surface area (Å²) >= 11 is 1.16. The summed E-state index contributed by atoms with van der Waals surface area (Å²) < 4.78 is 32.0. The van der Waals surface area contributed by atoms with Crippen LogP contribution in [-0.4, -0.2) is 45.5 Å². The normalized spacial score (nSPS) is 13.6. The average Bonchev–Trinajstić information content (AvgIpc) is 3.35. The third kappa shape index (κ3) is 4.40. The number of carbonyl (C=O) groups is 1. The maximum Gasteiger partial charge on any atom is 0.273 e. The van der Waals surface area contributed by atoms with Crippen molar-refractivity contribution in [1.82, 2.24) is 4.90 Å². The van der Waals surface area contributed by atoms with Gasteiger partial charge >= 0.3 is 0 Å². The molecule has 1 aliphatic rings. The Balaban J connectivity index is 1.62. The lowest BCUT2D eigenvalue weighted by Crippen LogP contribution is -2.37. The molecule has 0 aliphatic heterocycles. The summed E-state index contributed by atoms with van der Waals surface area (Å²) in [4.78, 5) is 13.7. The van der Waals surface area contributed by atoms with Crippen LogP contribution in [-0.2, 0) is 14.8 Å². The van der Waals surface area contributed by atoms with Crippen LogP contribution in [0.2, 0.25) is 0 Å². The molecule has 1 aliphatic carbocycles. The minimum atomic E-state index is -3.59. The van der Waals surface area contributed by atoms with Crippen molar-refractivity contribution < 1.29 is 17.9 Å². The van der Waals surface area contributed by atoms with E-state index >= 15 is 0 Å². The molecule has 27 heavy (non-hydrogen) atoms. The van der Waals surface area contributed by atoms with Crippen LogP contribution in [0.25, 0.3) is 0 Å². The third-order valence-corrected chi connectivity index (χ3v) is 7.38. The fourth-order valence-corrected chi connectivity index (χ4v) is 4.90. The number of nitriles is 1. The number of hydrogen-bond donors (Lipinski definition) is 0. The lowest BCUT2D eigenvalue weighted by atomic mass is 10.3. The van der Waals surface area contributed by atoms with Gasteiger partial charge in [0.25, 0.3) is 15.9 Å². The molecule has 1 heterocycles. The summed E-state index contributed by atoms with van der Waals surface area (Å²) in [6.45, 7) is -0.0853. The Morgan fingerprint density at radius 3 is 2.56 bits per heavy atom. The van der Waals surface area contributed by atoms with Gasteiger partial charge in [0.15, 0.2) is 6.61 Å². The van der Waals surface area contributed by atoms with Crippen LogP contribution < -0.4 is 9.04 Å². The topological polar surface area (TPSA) is 90.7 Å². The van der Waals surface area contributed by atoms with E-state index in [9.17, 15) is 13.2 Å². The van der Waals surface area contributed by atoms with E-state index < -0.39 is 10.0 Å². The first kappa shape index (κ1) is 19.2. The predicted molar refractivity (Wildman–Crippen MR) is 102 cm³/mol. The third-order valence-electron chi connectivity index (χ3n) is 4.22. The summed E-state index contributed by atoms with van der Waals surface area (Å²) in [5, 5.41) is 10.5. The van der Waals surface area contributed by atoms with E-state index in [0.717, 1.165) is 24.2 Å². The molecule has 0 saturated heterocycles. The molecule has 0 bridgehead atoms. The number of carbonyl (C=O) groups excluding carboxylic acids is 1. The van der Waals surface area contributed by atoms with Crippen molar-refractivity contribution in [3.63, 3.8) is 0 Å². The van der Waals surface area contributed by atoms with Gasteiger partial charge in [0.2, 0.25) is 0 Å². The molecule has 0 atom stereocenters. The number of rotatable bonds is 8. The summed E-state index contributed by atoms with van der Waals surface area (Å²) in [5.41, 5.74) is 0.492. The summed E-state index contributed by atoms with van der Waals surface area (Å²) in [6.07, 6.45) is 1.85. The fourth-order valence-electron chi connectivity index (χ4n) is 2.55. The SMILES string of the molecule is CN(c1ccc(OCC(=O)N(CC#N)C2CC2)cc1)S(=O)(=O)c1cccs1. The second-order valence-corrected chi connectivity index (χ2v) is 9.24. The molecule has 0 N–H and O–H groups in total. The first-order chi connectivity index (χ1) is 12.9. The molecule has 1 aromatic heterocycles. The standard InChI is InChI=1S/C18H19N3O4S2/c1-20(27(23,24)18-3-2-12-26-18)14-6-8-16(9-7-14)25-13-17(22)21(11-10-19)15-4-5-15/h2-3,6-9,12,15H,4-5,11,13H2,1H3. The van der Waals surface area contributed by atoms with Crippen molar-refractivity contribution in [3.8, 4) is 11.8 Å². The van der Waals surface area contributed by atoms with Crippen LogP contribution in [0.5, 0.6) is 5.75 Å². The van der Waals surface area contributed by atoms with Crippen molar-refractivity contribution in [3.05, 3.63) is 41.8 Å². The molecular weight excluding hydrogens is 386 g/mol. The maximum absolute atomic E-state index is 12.5. The van der Waals surface area contributed by atoms with Gasteiger partial charge in [-0.05, 0) is 48.6 Å². The number of ether oxygens (including phenoxy) is 1. The maximum atomic E-state index is 12.5. The van der Waals surface area contributed by atoms with E-state index in [1.165, 1.54) is 16.3 Å². The predicted octanol–water partition coefficient (Wildman–Crippen LogP) is 2.47. The molecule has 3 rings (SSSR count). The summed E-state index contributed by atoms with van der Waals surface area (Å²) in [5.74, 6) is 0.238. The highest BCUT2D eigenvalue weighted by Crippen LogP contribution is 2.28. The summed E-state index contributed by atoms with van der Waals surface area (Å²) in [6, 6.07) is 11.9. The smallest absolute Gasteiger partial charge is 0.273 e. The van der Waals surface area contributed by atoms with Gasteiger partial charge in [-0.25, -0.2) is 8.42 Å². The van der Waals surface area contributed by atoms with Gasteiger partial charge < -0.3 is 9.64 Å². The van der Waals surface area contributed by atoms with E-state index in [2.05, 4.69) is 0 Å². The molecule has 0 unspecified atom stereocenters. The van der Waals surface area contributed by atoms with E-state index in [4.69, 9.17) is 10.00 Å². The van der Waals surface area contributed by atoms with Crippen LogP contribution in [0.15, 0.2) is 46.0 Å². The van der Waals surface area contributed by atoms with E-state index in [1.54, 1.807) is 41.8 Å². The Bertz CT molecular complexity index is 930. The minimum absolute atomic E-state index is 0.0666. The fraction of sp³-hybridized carbons (Fsp3) is 0.333. The second-order valence-electron chi connectivity index (χ2n) is 6.10. The number of thiophene rings is 1. The van der Waals surface area contributed by atoms with Gasteiger partial charge in [-0.2, -0.15) is 5.26 Å². The van der Waals surface area contributed by atoms with Crippen LogP contribution in [0.4, 0.5) is 5.69 Å². The molecule has 1 fully saturated rings.